The summed E-state index contributed by atoms with van der Waals surface area (Å²) >= 11 is 4.90. The number of hydrogen-bond acceptors (Lipinski definition) is 6. The van der Waals surface area contributed by atoms with E-state index in [0.29, 0.717) is 22.9 Å². The Bertz CT molecular complexity index is 1440. The average Bonchev–Trinajstić information content (AvgIpc) is 2.98. The zero-order valence-corrected chi connectivity index (χ0v) is 25.2. The molecule has 0 saturated carbocycles. The lowest BCUT2D eigenvalue weighted by atomic mass is 10.2. The van der Waals surface area contributed by atoms with Crippen LogP contribution in [0.5, 0.6) is 5.75 Å². The Hall–Kier alpha value is -3.34. The zero-order valence-electron chi connectivity index (χ0n) is 22.8. The Morgan fingerprint density at radius 2 is 1.78 bits per heavy atom. The monoisotopic (exact) mass is 638 g/mol. The van der Waals surface area contributed by atoms with E-state index in [1.165, 1.54) is 17.8 Å². The van der Waals surface area contributed by atoms with Crippen molar-refractivity contribution in [2.75, 3.05) is 62.7 Å². The number of methoxy groups -OCH3 is 1. The van der Waals surface area contributed by atoms with Gasteiger partial charge in [-0.05, 0) is 76.9 Å². The van der Waals surface area contributed by atoms with Crippen LogP contribution in [0.1, 0.15) is 12.0 Å². The Morgan fingerprint density at radius 3 is 2.51 bits per heavy atom. The number of amides is 2. The summed E-state index contributed by atoms with van der Waals surface area (Å²) in [6.07, 6.45) is 2.63. The van der Waals surface area contributed by atoms with Crippen molar-refractivity contribution in [1.82, 2.24) is 10.2 Å². The first kappa shape index (κ1) is 29.2. The normalized spacial score (nSPS) is 16.6. The van der Waals surface area contributed by atoms with Gasteiger partial charge in [-0.2, -0.15) is 0 Å². The van der Waals surface area contributed by atoms with E-state index in [-0.39, 0.29) is 24.2 Å². The van der Waals surface area contributed by atoms with Crippen molar-refractivity contribution in [2.24, 2.45) is 0 Å². The molecule has 3 aromatic carbocycles. The molecule has 2 amide bonds. The number of thioether (sulfide) groups is 1. The Morgan fingerprint density at radius 1 is 1.05 bits per heavy atom. The third-order valence-corrected chi connectivity index (χ3v) is 8.84. The first-order chi connectivity index (χ1) is 19.9. The molecule has 0 bridgehead atoms. The van der Waals surface area contributed by atoms with Crippen LogP contribution < -0.4 is 19.9 Å². The van der Waals surface area contributed by atoms with Gasteiger partial charge in [-0.1, -0.05) is 42.1 Å². The van der Waals surface area contributed by atoms with Crippen molar-refractivity contribution >= 4 is 57.0 Å². The third kappa shape index (κ3) is 7.12. The Labute approximate surface area is 252 Å². The van der Waals surface area contributed by atoms with Gasteiger partial charge in [0.1, 0.15) is 18.1 Å². The van der Waals surface area contributed by atoms with E-state index < -0.39 is 0 Å². The van der Waals surface area contributed by atoms with Crippen LogP contribution in [-0.4, -0.2) is 69.6 Å². The molecule has 0 atom stereocenters. The molecule has 214 valence electrons. The van der Waals surface area contributed by atoms with Crippen LogP contribution in [0.3, 0.4) is 0 Å². The molecule has 0 spiro atoms. The third-order valence-electron chi connectivity index (χ3n) is 7.15. The Balaban J connectivity index is 1.14. The number of anilines is 2. The number of para-hydroxylation sites is 2. The van der Waals surface area contributed by atoms with Crippen LogP contribution in [0.25, 0.3) is 6.08 Å². The maximum absolute atomic E-state index is 14.1. The molecule has 1 saturated heterocycles. The van der Waals surface area contributed by atoms with Gasteiger partial charge in [-0.3, -0.25) is 19.4 Å². The van der Waals surface area contributed by atoms with Gasteiger partial charge < -0.3 is 15.0 Å². The van der Waals surface area contributed by atoms with Crippen molar-refractivity contribution in [2.45, 2.75) is 11.3 Å². The number of hydrogen-bond donors (Lipinski definition) is 1. The van der Waals surface area contributed by atoms with Crippen LogP contribution in [0.2, 0.25) is 0 Å². The second-order valence-electron chi connectivity index (χ2n) is 9.85. The second kappa shape index (κ2) is 13.5. The van der Waals surface area contributed by atoms with Crippen LogP contribution in [0.4, 0.5) is 15.8 Å². The summed E-state index contributed by atoms with van der Waals surface area (Å²) in [4.78, 5) is 33.9. The summed E-state index contributed by atoms with van der Waals surface area (Å²) in [5.74, 6) is 0.121. The molecule has 41 heavy (non-hydrogen) atoms. The number of rotatable bonds is 9. The molecule has 0 aliphatic carbocycles. The first-order valence-corrected chi connectivity index (χ1v) is 15.2. The molecule has 0 aromatic heterocycles. The molecule has 2 aliphatic rings. The fourth-order valence-electron chi connectivity index (χ4n) is 4.99. The molecule has 3 aromatic rings. The van der Waals surface area contributed by atoms with E-state index in [9.17, 15) is 14.0 Å². The molecule has 1 N–H and O–H groups in total. The number of nitrogens with zero attached hydrogens (tertiary/aromatic N) is 3. The number of piperazine rings is 1. The van der Waals surface area contributed by atoms with E-state index in [4.69, 9.17) is 4.74 Å². The summed E-state index contributed by atoms with van der Waals surface area (Å²) in [7, 11) is 1.61. The van der Waals surface area contributed by atoms with E-state index in [0.717, 1.165) is 59.8 Å². The molecule has 0 unspecified atom stereocenters. The lowest BCUT2D eigenvalue weighted by molar-refractivity contribution is -0.122. The highest BCUT2D eigenvalue weighted by Crippen LogP contribution is 2.42. The highest BCUT2D eigenvalue weighted by molar-refractivity contribution is 9.10. The largest absolute Gasteiger partial charge is 0.496 e. The topological polar surface area (TPSA) is 65.1 Å². The quantitative estimate of drug-likeness (QED) is 0.250. The summed E-state index contributed by atoms with van der Waals surface area (Å²) in [6, 6.07) is 20.2. The number of carbonyl (C=O) groups excluding carboxylic acids is 2. The van der Waals surface area contributed by atoms with Crippen molar-refractivity contribution in [3.05, 3.63) is 87.5 Å². The zero-order chi connectivity index (χ0) is 28.8. The molecular formula is C31H32BrFN4O3S. The lowest BCUT2D eigenvalue weighted by Gasteiger charge is -2.36. The Kier molecular flexibility index (Phi) is 9.64. The van der Waals surface area contributed by atoms with Crippen molar-refractivity contribution < 1.29 is 18.7 Å². The van der Waals surface area contributed by atoms with Crippen molar-refractivity contribution in [3.63, 3.8) is 0 Å². The standard InChI is InChI=1S/C31H32BrFN4O3S/c1-40-27-12-11-22(19-23(27)32)20-29-31(39)37(26-9-4-5-10-28(26)41-29)21-30(38)34-13-6-14-35-15-17-36(18-16-35)25-8-3-2-7-24(25)33/h2-5,7-12,19-20H,6,13-18,21H2,1H3,(H,34,38). The van der Waals surface area contributed by atoms with Crippen LogP contribution in [0.15, 0.2) is 81.0 Å². The van der Waals surface area contributed by atoms with Crippen LogP contribution in [0, 0.1) is 5.82 Å². The summed E-state index contributed by atoms with van der Waals surface area (Å²) in [5.41, 5.74) is 2.24. The number of halogens is 2. The average molecular weight is 640 g/mol. The van der Waals surface area contributed by atoms with Crippen LogP contribution >= 0.6 is 27.7 Å². The molecule has 1 fully saturated rings. The van der Waals surface area contributed by atoms with Gasteiger partial charge in [0, 0.05) is 37.6 Å². The van der Waals surface area contributed by atoms with Crippen molar-refractivity contribution in [3.8, 4) is 5.75 Å². The van der Waals surface area contributed by atoms with Gasteiger partial charge in [0.15, 0.2) is 0 Å². The smallest absolute Gasteiger partial charge is 0.265 e. The van der Waals surface area contributed by atoms with Gasteiger partial charge in [-0.25, -0.2) is 4.39 Å². The maximum atomic E-state index is 14.1. The van der Waals surface area contributed by atoms with E-state index in [2.05, 4.69) is 31.0 Å². The lowest BCUT2D eigenvalue weighted by Crippen LogP contribution is -2.47. The number of fused-ring (bicyclic) bond motifs is 1. The number of nitrogens with one attached hydrogen (secondary N) is 1. The first-order valence-electron chi connectivity index (χ1n) is 13.6. The number of ether oxygens (including phenoxy) is 1. The molecule has 7 nitrogen and oxygen atoms in total. The van der Waals surface area contributed by atoms with Gasteiger partial charge in [0.05, 0.1) is 27.9 Å². The predicted molar refractivity (Wildman–Crippen MR) is 166 cm³/mol. The molecule has 10 heteroatoms. The van der Waals surface area contributed by atoms with E-state index in [1.807, 2.05) is 60.7 Å². The minimum absolute atomic E-state index is 0.0542. The fourth-order valence-corrected chi connectivity index (χ4v) is 6.61. The van der Waals surface area contributed by atoms with Gasteiger partial charge in [-0.15, -0.1) is 0 Å². The molecule has 0 radical (unpaired) electrons. The van der Waals surface area contributed by atoms with Gasteiger partial charge in [0.25, 0.3) is 5.91 Å². The molecule has 2 heterocycles. The van der Waals surface area contributed by atoms with Crippen LogP contribution in [-0.2, 0) is 9.59 Å². The van der Waals surface area contributed by atoms with E-state index in [1.54, 1.807) is 18.1 Å². The molecule has 2 aliphatic heterocycles. The van der Waals surface area contributed by atoms with Crippen molar-refractivity contribution in [1.29, 1.82) is 0 Å². The fraction of sp³-hybridized carbons (Fsp3) is 0.290. The maximum Gasteiger partial charge on any atom is 0.265 e. The highest BCUT2D eigenvalue weighted by atomic mass is 79.9. The van der Waals surface area contributed by atoms with Gasteiger partial charge >= 0.3 is 0 Å². The number of benzene rings is 3. The second-order valence-corrected chi connectivity index (χ2v) is 11.8. The molecular weight excluding hydrogens is 607 g/mol. The minimum Gasteiger partial charge on any atom is -0.496 e. The predicted octanol–water partition coefficient (Wildman–Crippen LogP) is 5.41. The summed E-state index contributed by atoms with van der Waals surface area (Å²) in [5, 5.41) is 2.98. The summed E-state index contributed by atoms with van der Waals surface area (Å²) in [6.45, 7) is 4.54. The van der Waals surface area contributed by atoms with Gasteiger partial charge in [0.2, 0.25) is 5.91 Å². The summed E-state index contributed by atoms with van der Waals surface area (Å²) < 4.78 is 20.2. The SMILES string of the molecule is COc1ccc(C=C2Sc3ccccc3N(CC(=O)NCCCN3CCN(c4ccccc4F)CC3)C2=O)cc1Br. The van der Waals surface area contributed by atoms with E-state index >= 15 is 0 Å². The molecule has 5 rings (SSSR count). The number of carbonyl (C=O) groups is 2. The minimum atomic E-state index is -0.205. The highest BCUT2D eigenvalue weighted by Gasteiger charge is 2.30.